The molecule has 0 aliphatic rings. The number of carbonyl (C=O) groups is 1. The van der Waals surface area contributed by atoms with E-state index in [0.29, 0.717) is 0 Å². The molecule has 0 spiro atoms. The Bertz CT molecular complexity index is 338. The fraction of sp³-hybridized carbons (Fsp3) is 0. The van der Waals surface area contributed by atoms with E-state index in [-0.39, 0.29) is 0 Å². The van der Waals surface area contributed by atoms with E-state index in [9.17, 15) is 4.79 Å². The van der Waals surface area contributed by atoms with Crippen molar-refractivity contribution in [2.24, 2.45) is 10.8 Å². The maximum Gasteiger partial charge on any atom is 0.332 e. The van der Waals surface area contributed by atoms with Crippen LogP contribution in [0.5, 0.6) is 0 Å². The Balaban J connectivity index is 2.68. The average Bonchev–Trinajstić information content (AvgIpc) is 2.08. The summed E-state index contributed by atoms with van der Waals surface area (Å²) in [5.74, 6) is 0. The summed E-state index contributed by atoms with van der Waals surface area (Å²) >= 11 is 3.33. The molecule has 5 heteroatoms. The molecule has 2 amide bonds. The van der Waals surface area contributed by atoms with Crippen molar-refractivity contribution in [1.29, 1.82) is 0 Å². The maximum absolute atomic E-state index is 10.3. The highest BCUT2D eigenvalue weighted by molar-refractivity contribution is 9.10. The number of hydrogen-bond donors (Lipinski definition) is 2. The van der Waals surface area contributed by atoms with Crippen LogP contribution in [0.15, 0.2) is 33.8 Å². The number of amides is 2. The first-order valence-corrected chi connectivity index (χ1v) is 4.32. The molecule has 0 aliphatic heterocycles. The normalized spacial score (nSPS) is 10.2. The number of nitrogens with one attached hydrogen (secondary N) is 1. The maximum atomic E-state index is 10.3. The lowest BCUT2D eigenvalue weighted by atomic mass is 10.2. The van der Waals surface area contributed by atoms with Gasteiger partial charge in [0, 0.05) is 10.0 Å². The molecule has 0 unspecified atom stereocenters. The third-order valence-electron chi connectivity index (χ3n) is 1.28. The Kier molecular flexibility index (Phi) is 3.45. The summed E-state index contributed by atoms with van der Waals surface area (Å²) in [7, 11) is 0. The highest BCUT2D eigenvalue weighted by atomic mass is 79.9. The molecule has 0 saturated heterocycles. The van der Waals surface area contributed by atoms with Crippen LogP contribution >= 0.6 is 15.9 Å². The highest BCUT2D eigenvalue weighted by Crippen LogP contribution is 2.12. The summed E-state index contributed by atoms with van der Waals surface area (Å²) in [6.07, 6.45) is 1.51. The van der Waals surface area contributed by atoms with Crippen LogP contribution in [-0.4, -0.2) is 12.2 Å². The van der Waals surface area contributed by atoms with Crippen LogP contribution in [0.25, 0.3) is 0 Å². The van der Waals surface area contributed by atoms with Crippen molar-refractivity contribution in [2.75, 3.05) is 0 Å². The van der Waals surface area contributed by atoms with E-state index < -0.39 is 6.03 Å². The smallest absolute Gasteiger partial charge is 0.332 e. The molecular formula is C8H8BrN3O. The lowest BCUT2D eigenvalue weighted by Gasteiger charge is -1.95. The molecule has 0 fully saturated rings. The molecule has 0 aliphatic carbocycles. The molecule has 0 heterocycles. The van der Waals surface area contributed by atoms with Crippen LogP contribution in [0.3, 0.4) is 0 Å². The zero-order chi connectivity index (χ0) is 9.68. The van der Waals surface area contributed by atoms with Gasteiger partial charge in [-0.15, -0.1) is 0 Å². The number of benzene rings is 1. The van der Waals surface area contributed by atoms with Crippen LogP contribution in [0.4, 0.5) is 4.79 Å². The first-order chi connectivity index (χ1) is 6.20. The molecule has 0 bridgehead atoms. The van der Waals surface area contributed by atoms with E-state index in [1.807, 2.05) is 24.3 Å². The zero-order valence-corrected chi connectivity index (χ0v) is 8.28. The van der Waals surface area contributed by atoms with Gasteiger partial charge in [0.1, 0.15) is 0 Å². The number of urea groups is 1. The fourth-order valence-electron chi connectivity index (χ4n) is 0.745. The third kappa shape index (κ3) is 3.25. The van der Waals surface area contributed by atoms with Crippen molar-refractivity contribution < 1.29 is 4.79 Å². The topological polar surface area (TPSA) is 67.5 Å². The first-order valence-electron chi connectivity index (χ1n) is 3.53. The number of rotatable bonds is 2. The summed E-state index contributed by atoms with van der Waals surface area (Å²) in [4.78, 5) is 10.3. The van der Waals surface area contributed by atoms with E-state index in [1.165, 1.54) is 6.21 Å². The quantitative estimate of drug-likeness (QED) is 0.598. The molecule has 1 aromatic rings. The van der Waals surface area contributed by atoms with Crippen molar-refractivity contribution in [3.05, 3.63) is 34.3 Å². The van der Waals surface area contributed by atoms with Gasteiger partial charge in [0.15, 0.2) is 0 Å². The lowest BCUT2D eigenvalue weighted by Crippen LogP contribution is -2.24. The minimum absolute atomic E-state index is 0.677. The summed E-state index contributed by atoms with van der Waals surface area (Å²) in [5, 5.41) is 3.62. The molecule has 0 aromatic heterocycles. The van der Waals surface area contributed by atoms with Gasteiger partial charge in [-0.1, -0.05) is 34.1 Å². The second-order valence-electron chi connectivity index (χ2n) is 2.26. The highest BCUT2D eigenvalue weighted by Gasteiger charge is 1.93. The number of carbonyl (C=O) groups excluding carboxylic acids is 1. The number of halogens is 1. The molecule has 4 nitrogen and oxygen atoms in total. The summed E-state index contributed by atoms with van der Waals surface area (Å²) in [6, 6.07) is 6.82. The fourth-order valence-corrected chi connectivity index (χ4v) is 1.13. The van der Waals surface area contributed by atoms with E-state index in [1.54, 1.807) is 0 Å². The monoisotopic (exact) mass is 241 g/mol. The van der Waals surface area contributed by atoms with Crippen molar-refractivity contribution in [1.82, 2.24) is 5.43 Å². The number of hydrazone groups is 1. The van der Waals surface area contributed by atoms with Gasteiger partial charge in [0.2, 0.25) is 0 Å². The van der Waals surface area contributed by atoms with Gasteiger partial charge in [-0.2, -0.15) is 5.10 Å². The van der Waals surface area contributed by atoms with Crippen molar-refractivity contribution in [2.45, 2.75) is 0 Å². The molecule has 0 saturated carbocycles. The molecule has 0 atom stereocenters. The van der Waals surface area contributed by atoms with Gasteiger partial charge in [-0.05, 0) is 6.07 Å². The Labute approximate surface area is 83.9 Å². The molecule has 3 N–H and O–H groups in total. The van der Waals surface area contributed by atoms with Crippen molar-refractivity contribution >= 4 is 28.2 Å². The summed E-state index contributed by atoms with van der Waals surface area (Å²) in [5.41, 5.74) is 7.80. The number of nitrogens with two attached hydrogens (primary N) is 1. The standard InChI is InChI=1S/C8H8BrN3O/c9-7-4-2-1-3-6(7)5-11-12-8(10)13/h1-5H,(H3,10,12,13)/b11-5+. The number of nitrogens with zero attached hydrogens (tertiary/aromatic N) is 1. The molecular weight excluding hydrogens is 234 g/mol. The predicted molar refractivity (Wildman–Crippen MR) is 54.5 cm³/mol. The lowest BCUT2D eigenvalue weighted by molar-refractivity contribution is 0.249. The Morgan fingerprint density at radius 2 is 2.23 bits per heavy atom. The minimum Gasteiger partial charge on any atom is -0.350 e. The van der Waals surface area contributed by atoms with Gasteiger partial charge in [0.05, 0.1) is 6.21 Å². The van der Waals surface area contributed by atoms with E-state index in [0.717, 1.165) is 10.0 Å². The van der Waals surface area contributed by atoms with Gasteiger partial charge in [-0.3, -0.25) is 0 Å². The van der Waals surface area contributed by atoms with Crippen molar-refractivity contribution in [3.63, 3.8) is 0 Å². The summed E-state index contributed by atoms with van der Waals surface area (Å²) in [6.45, 7) is 0. The van der Waals surface area contributed by atoms with E-state index in [4.69, 9.17) is 5.73 Å². The van der Waals surface area contributed by atoms with E-state index >= 15 is 0 Å². The van der Waals surface area contributed by atoms with Gasteiger partial charge >= 0.3 is 6.03 Å². The van der Waals surface area contributed by atoms with Gasteiger partial charge in [-0.25, -0.2) is 10.2 Å². The minimum atomic E-state index is -0.677. The number of hydrogen-bond acceptors (Lipinski definition) is 2. The molecule has 1 rings (SSSR count). The predicted octanol–water partition coefficient (Wildman–Crippen LogP) is 1.45. The Hall–Kier alpha value is -1.36. The average molecular weight is 242 g/mol. The molecule has 68 valence electrons. The molecule has 1 aromatic carbocycles. The Morgan fingerprint density at radius 3 is 2.85 bits per heavy atom. The number of primary amides is 1. The largest absolute Gasteiger partial charge is 0.350 e. The van der Waals surface area contributed by atoms with Crippen LogP contribution in [-0.2, 0) is 0 Å². The second kappa shape index (κ2) is 4.61. The van der Waals surface area contributed by atoms with Gasteiger partial charge in [0.25, 0.3) is 0 Å². The van der Waals surface area contributed by atoms with E-state index in [2.05, 4.69) is 26.5 Å². The zero-order valence-electron chi connectivity index (χ0n) is 6.70. The SMILES string of the molecule is NC(=O)N/N=C/c1ccccc1Br. The second-order valence-corrected chi connectivity index (χ2v) is 3.11. The van der Waals surface area contributed by atoms with Crippen LogP contribution in [0.2, 0.25) is 0 Å². The van der Waals surface area contributed by atoms with Crippen LogP contribution < -0.4 is 11.2 Å². The van der Waals surface area contributed by atoms with Crippen LogP contribution in [0.1, 0.15) is 5.56 Å². The van der Waals surface area contributed by atoms with Crippen molar-refractivity contribution in [3.8, 4) is 0 Å². The summed E-state index contributed by atoms with van der Waals surface area (Å²) < 4.78 is 0.907. The molecule has 0 radical (unpaired) electrons. The first kappa shape index (κ1) is 9.73. The Morgan fingerprint density at radius 1 is 1.54 bits per heavy atom. The van der Waals surface area contributed by atoms with Gasteiger partial charge < -0.3 is 5.73 Å². The molecule has 13 heavy (non-hydrogen) atoms. The third-order valence-corrected chi connectivity index (χ3v) is 2.01. The van der Waals surface area contributed by atoms with Crippen LogP contribution in [0, 0.1) is 0 Å².